The Morgan fingerprint density at radius 3 is 2.67 bits per heavy atom. The zero-order chi connectivity index (χ0) is 14.7. The van der Waals surface area contributed by atoms with Crippen molar-refractivity contribution >= 4 is 22.7 Å². The summed E-state index contributed by atoms with van der Waals surface area (Å²) in [5, 5.41) is 7.96. The van der Waals surface area contributed by atoms with Crippen molar-refractivity contribution in [2.45, 2.75) is 58.4 Å². The third kappa shape index (κ3) is 4.65. The maximum Gasteiger partial charge on any atom is 0.0334 e. The summed E-state index contributed by atoms with van der Waals surface area (Å²) in [7, 11) is 0. The molecule has 1 aliphatic carbocycles. The first kappa shape index (κ1) is 15.2. The maximum atomic E-state index is 3.50. The van der Waals surface area contributed by atoms with E-state index >= 15 is 0 Å². The molecule has 21 heavy (non-hydrogen) atoms. The lowest BCUT2D eigenvalue weighted by Gasteiger charge is -2.20. The third-order valence-electron chi connectivity index (χ3n) is 3.79. The van der Waals surface area contributed by atoms with E-state index < -0.39 is 0 Å². The first-order chi connectivity index (χ1) is 10.2. The molecule has 114 valence electrons. The highest BCUT2D eigenvalue weighted by Gasteiger charge is 2.29. The highest BCUT2D eigenvalue weighted by atomic mass is 32.1. The molecular formula is C17H24N2S2. The van der Waals surface area contributed by atoms with Crippen LogP contribution in [0.1, 0.15) is 42.0 Å². The maximum absolute atomic E-state index is 3.50. The van der Waals surface area contributed by atoms with E-state index in [2.05, 4.69) is 53.0 Å². The molecule has 0 spiro atoms. The highest BCUT2D eigenvalue weighted by Crippen LogP contribution is 2.31. The Morgan fingerprint density at radius 1 is 1.19 bits per heavy atom. The number of nitrogens with one attached hydrogen (secondary N) is 1. The van der Waals surface area contributed by atoms with Crippen LogP contribution in [0.2, 0.25) is 0 Å². The molecule has 1 saturated carbocycles. The molecule has 0 unspecified atom stereocenters. The van der Waals surface area contributed by atoms with E-state index in [0.29, 0.717) is 6.04 Å². The van der Waals surface area contributed by atoms with Gasteiger partial charge in [0.1, 0.15) is 0 Å². The molecule has 3 rings (SSSR count). The third-order valence-corrected chi connectivity index (χ3v) is 5.59. The van der Waals surface area contributed by atoms with Gasteiger partial charge in [0.15, 0.2) is 0 Å². The average molecular weight is 321 g/mol. The van der Waals surface area contributed by atoms with Gasteiger partial charge in [-0.3, -0.25) is 4.90 Å². The van der Waals surface area contributed by atoms with Crippen molar-refractivity contribution in [3.63, 3.8) is 0 Å². The van der Waals surface area contributed by atoms with Crippen LogP contribution in [-0.2, 0) is 19.6 Å². The summed E-state index contributed by atoms with van der Waals surface area (Å²) in [6.07, 6.45) is 2.74. The molecule has 2 aromatic heterocycles. The normalized spacial score (nSPS) is 15.2. The van der Waals surface area contributed by atoms with E-state index in [0.717, 1.165) is 25.7 Å². The van der Waals surface area contributed by atoms with Gasteiger partial charge in [0.2, 0.25) is 0 Å². The Hall–Kier alpha value is -0.680. The molecular weight excluding hydrogens is 296 g/mol. The summed E-state index contributed by atoms with van der Waals surface area (Å²) in [5.41, 5.74) is 1.46. The van der Waals surface area contributed by atoms with Gasteiger partial charge in [-0.15, -0.1) is 11.3 Å². The fourth-order valence-electron chi connectivity index (χ4n) is 2.48. The van der Waals surface area contributed by atoms with Crippen molar-refractivity contribution in [1.82, 2.24) is 10.2 Å². The smallest absolute Gasteiger partial charge is 0.0334 e. The molecule has 2 heterocycles. The molecule has 0 saturated heterocycles. The van der Waals surface area contributed by atoms with Gasteiger partial charge in [-0.05, 0) is 47.4 Å². The van der Waals surface area contributed by atoms with Gasteiger partial charge in [-0.2, -0.15) is 11.3 Å². The van der Waals surface area contributed by atoms with Crippen LogP contribution in [0.4, 0.5) is 0 Å². The van der Waals surface area contributed by atoms with E-state index in [4.69, 9.17) is 0 Å². The number of rotatable bonds is 8. The zero-order valence-corrected chi connectivity index (χ0v) is 14.5. The minimum Gasteiger partial charge on any atom is -0.310 e. The quantitative estimate of drug-likeness (QED) is 0.772. The predicted octanol–water partition coefficient (Wildman–Crippen LogP) is 4.47. The second-order valence-corrected chi connectivity index (χ2v) is 8.20. The molecule has 2 aromatic rings. The van der Waals surface area contributed by atoms with Gasteiger partial charge in [-0.1, -0.05) is 13.8 Å². The Bertz CT molecular complexity index is 541. The summed E-state index contributed by atoms with van der Waals surface area (Å²) in [4.78, 5) is 5.59. The fraction of sp³-hybridized carbons (Fsp3) is 0.529. The standard InChI is InChI=1S/C17H24N2S2/c1-13(2)18-9-16-5-6-17(21-16)11-19(15-3-4-15)10-14-7-8-20-12-14/h5-8,12-13,15,18H,3-4,9-11H2,1-2H3. The first-order valence-corrected chi connectivity index (χ1v) is 9.53. The minimum absolute atomic E-state index is 0.553. The highest BCUT2D eigenvalue weighted by molar-refractivity contribution is 7.12. The van der Waals surface area contributed by atoms with Gasteiger partial charge in [-0.25, -0.2) is 0 Å². The number of hydrogen-bond donors (Lipinski definition) is 1. The number of thiophene rings is 2. The molecule has 1 N–H and O–H groups in total. The lowest BCUT2D eigenvalue weighted by Crippen LogP contribution is -2.24. The van der Waals surface area contributed by atoms with Gasteiger partial charge in [0, 0.05) is 41.5 Å². The molecule has 4 heteroatoms. The van der Waals surface area contributed by atoms with E-state index in [-0.39, 0.29) is 0 Å². The molecule has 0 amide bonds. The van der Waals surface area contributed by atoms with Crippen LogP contribution in [0.25, 0.3) is 0 Å². The monoisotopic (exact) mass is 320 g/mol. The number of nitrogens with zero attached hydrogens (tertiary/aromatic N) is 1. The predicted molar refractivity (Wildman–Crippen MR) is 92.9 cm³/mol. The van der Waals surface area contributed by atoms with Crippen LogP contribution < -0.4 is 5.32 Å². The van der Waals surface area contributed by atoms with Crippen molar-refractivity contribution < 1.29 is 0 Å². The number of hydrogen-bond acceptors (Lipinski definition) is 4. The molecule has 0 bridgehead atoms. The fourth-order valence-corrected chi connectivity index (χ4v) is 4.13. The Labute approximate surface area is 135 Å². The van der Waals surface area contributed by atoms with Gasteiger partial charge in [0.25, 0.3) is 0 Å². The van der Waals surface area contributed by atoms with Gasteiger partial charge >= 0.3 is 0 Å². The summed E-state index contributed by atoms with van der Waals surface area (Å²) in [5.74, 6) is 0. The lowest BCUT2D eigenvalue weighted by atomic mass is 10.3. The van der Waals surface area contributed by atoms with Crippen molar-refractivity contribution in [3.8, 4) is 0 Å². The van der Waals surface area contributed by atoms with Crippen molar-refractivity contribution in [2.75, 3.05) is 0 Å². The first-order valence-electron chi connectivity index (χ1n) is 7.77. The minimum atomic E-state index is 0.553. The van der Waals surface area contributed by atoms with Crippen molar-refractivity contribution in [1.29, 1.82) is 0 Å². The van der Waals surface area contributed by atoms with Crippen molar-refractivity contribution in [2.24, 2.45) is 0 Å². The summed E-state index contributed by atoms with van der Waals surface area (Å²) < 4.78 is 0. The summed E-state index contributed by atoms with van der Waals surface area (Å²) in [6.45, 7) is 7.60. The van der Waals surface area contributed by atoms with Crippen LogP contribution in [0.15, 0.2) is 29.0 Å². The average Bonchev–Trinajstić information content (AvgIpc) is 2.99. The Morgan fingerprint density at radius 2 is 2.00 bits per heavy atom. The van der Waals surface area contributed by atoms with Crippen LogP contribution in [0.5, 0.6) is 0 Å². The van der Waals surface area contributed by atoms with E-state index in [9.17, 15) is 0 Å². The largest absolute Gasteiger partial charge is 0.310 e. The summed E-state index contributed by atoms with van der Waals surface area (Å²) >= 11 is 3.76. The van der Waals surface area contributed by atoms with E-state index in [1.54, 1.807) is 11.3 Å². The van der Waals surface area contributed by atoms with Crippen LogP contribution >= 0.6 is 22.7 Å². The summed E-state index contributed by atoms with van der Waals surface area (Å²) in [6, 6.07) is 8.21. The van der Waals surface area contributed by atoms with Crippen LogP contribution in [0, 0.1) is 0 Å². The van der Waals surface area contributed by atoms with Crippen molar-refractivity contribution in [3.05, 3.63) is 44.3 Å². The molecule has 2 nitrogen and oxygen atoms in total. The lowest BCUT2D eigenvalue weighted by molar-refractivity contribution is 0.248. The molecule has 0 atom stereocenters. The second kappa shape index (κ2) is 7.05. The second-order valence-electron chi connectivity index (χ2n) is 6.17. The molecule has 1 aliphatic rings. The zero-order valence-electron chi connectivity index (χ0n) is 12.8. The topological polar surface area (TPSA) is 15.3 Å². The molecule has 0 aliphatic heterocycles. The Kier molecular flexibility index (Phi) is 5.11. The molecule has 0 aromatic carbocycles. The van der Waals surface area contributed by atoms with E-state index in [1.807, 2.05) is 11.3 Å². The Balaban J connectivity index is 1.58. The van der Waals surface area contributed by atoms with Crippen LogP contribution in [-0.4, -0.2) is 17.0 Å². The van der Waals surface area contributed by atoms with E-state index in [1.165, 1.54) is 28.2 Å². The van der Waals surface area contributed by atoms with Crippen LogP contribution in [0.3, 0.4) is 0 Å². The van der Waals surface area contributed by atoms with Gasteiger partial charge in [0.05, 0.1) is 0 Å². The molecule has 1 fully saturated rings. The SMILES string of the molecule is CC(C)NCc1ccc(CN(Cc2ccsc2)C2CC2)s1. The molecule has 0 radical (unpaired) electrons. The van der Waals surface area contributed by atoms with Gasteiger partial charge < -0.3 is 5.32 Å².